The van der Waals surface area contributed by atoms with Gasteiger partial charge >= 0.3 is 6.18 Å². The van der Waals surface area contributed by atoms with Crippen LogP contribution in [0.5, 0.6) is 0 Å². The molecule has 0 rings (SSSR count). The second kappa shape index (κ2) is 10.3. The van der Waals surface area contributed by atoms with Gasteiger partial charge in [-0.3, -0.25) is 9.79 Å². The first-order valence-electron chi connectivity index (χ1n) is 7.47. The Balaban J connectivity index is 4.16. The van der Waals surface area contributed by atoms with Crippen molar-refractivity contribution in [3.05, 3.63) is 0 Å². The number of hydrogen-bond acceptors (Lipinski definition) is 2. The summed E-state index contributed by atoms with van der Waals surface area (Å²) in [5.41, 5.74) is 0. The minimum atomic E-state index is -4.39. The van der Waals surface area contributed by atoms with Crippen molar-refractivity contribution in [1.82, 2.24) is 15.5 Å². The molecule has 0 saturated carbocycles. The molecule has 1 atom stereocenters. The third-order valence-corrected chi connectivity index (χ3v) is 3.10. The van der Waals surface area contributed by atoms with Gasteiger partial charge in [-0.05, 0) is 13.3 Å². The van der Waals surface area contributed by atoms with E-state index in [1.54, 1.807) is 7.05 Å². The molecule has 22 heavy (non-hydrogen) atoms. The molecule has 0 bridgehead atoms. The Morgan fingerprint density at radius 2 is 1.95 bits per heavy atom. The number of nitrogens with zero attached hydrogens (tertiary/aromatic N) is 2. The van der Waals surface area contributed by atoms with Crippen LogP contribution in [0.2, 0.25) is 0 Å². The molecule has 0 aromatic rings. The summed E-state index contributed by atoms with van der Waals surface area (Å²) in [6.07, 6.45) is -0.0397. The van der Waals surface area contributed by atoms with Crippen molar-refractivity contribution in [3.63, 3.8) is 0 Å². The molecule has 0 aromatic heterocycles. The Morgan fingerprint density at radius 3 is 2.45 bits per heavy atom. The lowest BCUT2D eigenvalue weighted by atomic mass is 10.1. The van der Waals surface area contributed by atoms with E-state index >= 15 is 0 Å². The molecular weight excluding hydrogens is 297 g/mol. The minimum absolute atomic E-state index is 0.181. The second-order valence-corrected chi connectivity index (χ2v) is 5.33. The number of hydrogen-bond donors (Lipinski definition) is 2. The Bertz CT molecular complexity index is 358. The first kappa shape index (κ1) is 20.5. The zero-order valence-corrected chi connectivity index (χ0v) is 13.8. The highest BCUT2D eigenvalue weighted by Crippen LogP contribution is 2.15. The number of nitrogens with one attached hydrogen (secondary N) is 2. The van der Waals surface area contributed by atoms with Crippen molar-refractivity contribution >= 4 is 11.9 Å². The van der Waals surface area contributed by atoms with Gasteiger partial charge in [-0.25, -0.2) is 0 Å². The number of aliphatic imine (C=N–C) groups is 1. The summed E-state index contributed by atoms with van der Waals surface area (Å²) in [4.78, 5) is 16.2. The number of carbonyl (C=O) groups excluding carboxylic acids is 1. The highest BCUT2D eigenvalue weighted by molar-refractivity contribution is 5.86. The summed E-state index contributed by atoms with van der Waals surface area (Å²) < 4.78 is 36.6. The monoisotopic (exact) mass is 324 g/mol. The number of carbonyl (C=O) groups is 1. The van der Waals surface area contributed by atoms with Crippen molar-refractivity contribution in [2.24, 2.45) is 4.99 Å². The predicted octanol–water partition coefficient (Wildman–Crippen LogP) is 2.14. The van der Waals surface area contributed by atoms with E-state index in [0.717, 1.165) is 32.7 Å². The zero-order chi connectivity index (χ0) is 17.2. The van der Waals surface area contributed by atoms with Gasteiger partial charge in [0.25, 0.3) is 0 Å². The molecule has 0 radical (unpaired) electrons. The summed E-state index contributed by atoms with van der Waals surface area (Å²) in [5, 5.41) is 5.85. The number of guanidine groups is 1. The Labute approximate surface area is 130 Å². The Hall–Kier alpha value is -1.47. The predicted molar refractivity (Wildman–Crippen MR) is 81.8 cm³/mol. The van der Waals surface area contributed by atoms with Gasteiger partial charge in [-0.1, -0.05) is 26.2 Å². The van der Waals surface area contributed by atoms with Crippen LogP contribution < -0.4 is 10.6 Å². The SMILES string of the molecule is CCCCCC(C)NC(=NC)NCC(=O)N(C)CC(F)(F)F. The van der Waals surface area contributed by atoms with Crippen LogP contribution in [0.4, 0.5) is 13.2 Å². The summed E-state index contributed by atoms with van der Waals surface area (Å²) in [5.74, 6) is -0.225. The van der Waals surface area contributed by atoms with Crippen molar-refractivity contribution in [3.8, 4) is 0 Å². The minimum Gasteiger partial charge on any atom is -0.354 e. The maximum Gasteiger partial charge on any atom is 0.406 e. The standard InChI is InChI=1S/C14H27F3N4O/c1-5-6-7-8-11(2)20-13(18-3)19-9-12(22)21(4)10-14(15,16)17/h11H,5-10H2,1-4H3,(H2,18,19,20). The third-order valence-electron chi connectivity index (χ3n) is 3.10. The molecule has 0 aromatic carbocycles. The quantitative estimate of drug-likeness (QED) is 0.409. The van der Waals surface area contributed by atoms with Gasteiger partial charge in [0.05, 0.1) is 6.54 Å². The van der Waals surface area contributed by atoms with E-state index in [2.05, 4.69) is 22.5 Å². The maximum absolute atomic E-state index is 12.2. The van der Waals surface area contributed by atoms with Crippen LogP contribution >= 0.6 is 0 Å². The number of amides is 1. The third kappa shape index (κ3) is 10.3. The number of rotatable bonds is 8. The van der Waals surface area contributed by atoms with Crippen LogP contribution in [0.3, 0.4) is 0 Å². The lowest BCUT2D eigenvalue weighted by Gasteiger charge is -2.21. The van der Waals surface area contributed by atoms with Crippen LogP contribution in [0.1, 0.15) is 39.5 Å². The average molecular weight is 324 g/mol. The van der Waals surface area contributed by atoms with Crippen LogP contribution in [0, 0.1) is 0 Å². The number of halogens is 3. The molecule has 8 heteroatoms. The first-order valence-corrected chi connectivity index (χ1v) is 7.47. The molecule has 0 fully saturated rings. The van der Waals surface area contributed by atoms with Gasteiger partial charge in [-0.15, -0.1) is 0 Å². The topological polar surface area (TPSA) is 56.7 Å². The summed E-state index contributed by atoms with van der Waals surface area (Å²) in [6.45, 7) is 2.64. The fourth-order valence-electron chi connectivity index (χ4n) is 1.85. The normalized spacial score (nSPS) is 13.7. The molecule has 0 spiro atoms. The molecule has 0 aliphatic heterocycles. The fraction of sp³-hybridized carbons (Fsp3) is 0.857. The van der Waals surface area contributed by atoms with E-state index in [0.29, 0.717) is 10.9 Å². The Morgan fingerprint density at radius 1 is 1.32 bits per heavy atom. The second-order valence-electron chi connectivity index (χ2n) is 5.33. The highest BCUT2D eigenvalue weighted by atomic mass is 19.4. The van der Waals surface area contributed by atoms with Gasteiger partial charge in [-0.2, -0.15) is 13.2 Å². The van der Waals surface area contributed by atoms with Gasteiger partial charge in [0.2, 0.25) is 5.91 Å². The molecule has 130 valence electrons. The zero-order valence-electron chi connectivity index (χ0n) is 13.8. The number of likely N-dealkylation sites (N-methyl/N-ethyl adjacent to an activating group) is 1. The van der Waals surface area contributed by atoms with Gasteiger partial charge in [0.15, 0.2) is 5.96 Å². The average Bonchev–Trinajstić information content (AvgIpc) is 2.41. The maximum atomic E-state index is 12.2. The number of alkyl halides is 3. The summed E-state index contributed by atoms with van der Waals surface area (Å²) in [7, 11) is 2.68. The van der Waals surface area contributed by atoms with Crippen molar-refractivity contribution in [2.45, 2.75) is 51.7 Å². The van der Waals surface area contributed by atoms with E-state index in [4.69, 9.17) is 0 Å². The van der Waals surface area contributed by atoms with E-state index in [1.165, 1.54) is 0 Å². The highest BCUT2D eigenvalue weighted by Gasteiger charge is 2.31. The van der Waals surface area contributed by atoms with E-state index < -0.39 is 18.6 Å². The van der Waals surface area contributed by atoms with E-state index in [9.17, 15) is 18.0 Å². The summed E-state index contributed by atoms with van der Waals surface area (Å²) in [6, 6.07) is 0.181. The molecule has 0 saturated heterocycles. The fourth-order valence-corrected chi connectivity index (χ4v) is 1.85. The van der Waals surface area contributed by atoms with Gasteiger partial charge in [0.1, 0.15) is 6.54 Å². The first-order chi connectivity index (χ1) is 10.2. The van der Waals surface area contributed by atoms with Crippen LogP contribution in [-0.2, 0) is 4.79 Å². The van der Waals surface area contributed by atoms with Crippen molar-refractivity contribution in [1.29, 1.82) is 0 Å². The van der Waals surface area contributed by atoms with Crippen molar-refractivity contribution in [2.75, 3.05) is 27.2 Å². The summed E-state index contributed by atoms with van der Waals surface area (Å²) >= 11 is 0. The molecule has 1 amide bonds. The number of unbranched alkanes of at least 4 members (excludes halogenated alkanes) is 2. The Kier molecular flexibility index (Phi) is 9.60. The molecular formula is C14H27F3N4O. The molecule has 2 N–H and O–H groups in total. The lowest BCUT2D eigenvalue weighted by molar-refractivity contribution is -0.157. The molecule has 0 aliphatic carbocycles. The van der Waals surface area contributed by atoms with Crippen LogP contribution in [0.15, 0.2) is 4.99 Å². The van der Waals surface area contributed by atoms with E-state index in [1.807, 2.05) is 6.92 Å². The molecule has 0 heterocycles. The smallest absolute Gasteiger partial charge is 0.354 e. The molecule has 0 aliphatic rings. The molecule has 5 nitrogen and oxygen atoms in total. The van der Waals surface area contributed by atoms with Gasteiger partial charge < -0.3 is 15.5 Å². The van der Waals surface area contributed by atoms with Gasteiger partial charge in [0, 0.05) is 20.1 Å². The van der Waals surface area contributed by atoms with E-state index in [-0.39, 0.29) is 12.6 Å². The van der Waals surface area contributed by atoms with Crippen molar-refractivity contribution < 1.29 is 18.0 Å². The van der Waals surface area contributed by atoms with Crippen LogP contribution in [0.25, 0.3) is 0 Å². The molecule has 1 unspecified atom stereocenters. The largest absolute Gasteiger partial charge is 0.406 e. The lowest BCUT2D eigenvalue weighted by Crippen LogP contribution is -2.47. The van der Waals surface area contributed by atoms with Crippen LogP contribution in [-0.4, -0.2) is 56.2 Å².